The fourth-order valence-electron chi connectivity index (χ4n) is 2.94. The van der Waals surface area contributed by atoms with Crippen LogP contribution in [0.15, 0.2) is 30.3 Å². The van der Waals surface area contributed by atoms with Gasteiger partial charge in [-0.3, -0.25) is 4.79 Å². The highest BCUT2D eigenvalue weighted by Crippen LogP contribution is 2.27. The molecular weight excluding hydrogens is 284 g/mol. The van der Waals surface area contributed by atoms with Crippen molar-refractivity contribution in [1.29, 1.82) is 0 Å². The van der Waals surface area contributed by atoms with Crippen molar-refractivity contribution >= 4 is 18.3 Å². The SMILES string of the molecule is CC(C)(CC(=O)NC1CCC(N)CC1)c1ccccc1.Cl. The fraction of sp³-hybridized carbons (Fsp3) is 0.588. The summed E-state index contributed by atoms with van der Waals surface area (Å²) in [4.78, 5) is 12.2. The molecule has 0 radical (unpaired) electrons. The van der Waals surface area contributed by atoms with Crippen LogP contribution in [0, 0.1) is 0 Å². The molecule has 21 heavy (non-hydrogen) atoms. The molecular formula is C17H27ClN2O. The highest BCUT2D eigenvalue weighted by atomic mass is 35.5. The van der Waals surface area contributed by atoms with E-state index in [1.807, 2.05) is 18.2 Å². The lowest BCUT2D eigenvalue weighted by Gasteiger charge is -2.29. The molecule has 0 atom stereocenters. The van der Waals surface area contributed by atoms with Crippen LogP contribution in [0.2, 0.25) is 0 Å². The Hall–Kier alpha value is -1.06. The Morgan fingerprint density at radius 3 is 2.33 bits per heavy atom. The first-order chi connectivity index (χ1) is 9.47. The molecule has 1 fully saturated rings. The summed E-state index contributed by atoms with van der Waals surface area (Å²) in [6.45, 7) is 4.25. The number of carbonyl (C=O) groups excluding carboxylic acids is 1. The van der Waals surface area contributed by atoms with Gasteiger partial charge in [-0.2, -0.15) is 0 Å². The Morgan fingerprint density at radius 2 is 1.76 bits per heavy atom. The third-order valence-electron chi connectivity index (χ3n) is 4.29. The minimum absolute atomic E-state index is 0. The Labute approximate surface area is 134 Å². The number of hydrogen-bond acceptors (Lipinski definition) is 2. The third-order valence-corrected chi connectivity index (χ3v) is 4.29. The smallest absolute Gasteiger partial charge is 0.221 e. The average Bonchev–Trinajstić information content (AvgIpc) is 2.42. The summed E-state index contributed by atoms with van der Waals surface area (Å²) >= 11 is 0. The van der Waals surface area contributed by atoms with Gasteiger partial charge >= 0.3 is 0 Å². The zero-order chi connectivity index (χ0) is 14.6. The van der Waals surface area contributed by atoms with E-state index in [1.54, 1.807) is 0 Å². The summed E-state index contributed by atoms with van der Waals surface area (Å²) in [6, 6.07) is 10.9. The first-order valence-corrected chi connectivity index (χ1v) is 7.58. The first kappa shape index (κ1) is 18.0. The molecule has 4 heteroatoms. The van der Waals surface area contributed by atoms with Crippen molar-refractivity contribution in [2.75, 3.05) is 0 Å². The third kappa shape index (κ3) is 5.33. The van der Waals surface area contributed by atoms with Crippen LogP contribution in [0.25, 0.3) is 0 Å². The molecule has 0 aliphatic heterocycles. The van der Waals surface area contributed by atoms with Crippen molar-refractivity contribution in [3.8, 4) is 0 Å². The van der Waals surface area contributed by atoms with Gasteiger partial charge in [0.25, 0.3) is 0 Å². The van der Waals surface area contributed by atoms with Crippen molar-refractivity contribution in [1.82, 2.24) is 5.32 Å². The first-order valence-electron chi connectivity index (χ1n) is 7.58. The topological polar surface area (TPSA) is 55.1 Å². The molecule has 0 spiro atoms. The second-order valence-corrected chi connectivity index (χ2v) is 6.61. The lowest BCUT2D eigenvalue weighted by atomic mass is 9.81. The number of halogens is 1. The minimum Gasteiger partial charge on any atom is -0.353 e. The highest BCUT2D eigenvalue weighted by molar-refractivity contribution is 5.85. The molecule has 1 aromatic carbocycles. The maximum atomic E-state index is 12.2. The maximum Gasteiger partial charge on any atom is 0.221 e. The molecule has 0 bridgehead atoms. The second kappa shape index (κ2) is 7.81. The van der Waals surface area contributed by atoms with Gasteiger partial charge < -0.3 is 11.1 Å². The van der Waals surface area contributed by atoms with Gasteiger partial charge in [-0.25, -0.2) is 0 Å². The van der Waals surface area contributed by atoms with Gasteiger partial charge in [0.05, 0.1) is 0 Å². The van der Waals surface area contributed by atoms with Gasteiger partial charge in [0.2, 0.25) is 5.91 Å². The molecule has 1 aromatic rings. The van der Waals surface area contributed by atoms with Crippen LogP contribution < -0.4 is 11.1 Å². The number of benzene rings is 1. The summed E-state index contributed by atoms with van der Waals surface area (Å²) in [5, 5.41) is 3.17. The van der Waals surface area contributed by atoms with Crippen LogP contribution in [-0.4, -0.2) is 18.0 Å². The number of nitrogens with two attached hydrogens (primary N) is 1. The van der Waals surface area contributed by atoms with Crippen molar-refractivity contribution in [3.63, 3.8) is 0 Å². The van der Waals surface area contributed by atoms with Gasteiger partial charge in [0.15, 0.2) is 0 Å². The Kier molecular flexibility index (Phi) is 6.69. The van der Waals surface area contributed by atoms with Crippen LogP contribution >= 0.6 is 12.4 Å². The van der Waals surface area contributed by atoms with Gasteiger partial charge in [0, 0.05) is 18.5 Å². The van der Waals surface area contributed by atoms with Crippen LogP contribution in [0.1, 0.15) is 51.5 Å². The fourth-order valence-corrected chi connectivity index (χ4v) is 2.94. The normalized spacial score (nSPS) is 22.2. The maximum absolute atomic E-state index is 12.2. The van der Waals surface area contributed by atoms with Crippen LogP contribution in [0.4, 0.5) is 0 Å². The molecule has 118 valence electrons. The molecule has 1 saturated carbocycles. The van der Waals surface area contributed by atoms with Gasteiger partial charge in [0.1, 0.15) is 0 Å². The number of amides is 1. The van der Waals surface area contributed by atoms with E-state index in [9.17, 15) is 4.79 Å². The molecule has 0 unspecified atom stereocenters. The van der Waals surface area contributed by atoms with E-state index in [1.165, 1.54) is 5.56 Å². The quantitative estimate of drug-likeness (QED) is 0.897. The molecule has 1 amide bonds. The summed E-state index contributed by atoms with van der Waals surface area (Å²) < 4.78 is 0. The van der Waals surface area contributed by atoms with Gasteiger partial charge in [-0.05, 0) is 36.7 Å². The minimum atomic E-state index is -0.129. The molecule has 0 saturated heterocycles. The zero-order valence-corrected chi connectivity index (χ0v) is 13.8. The number of carbonyl (C=O) groups is 1. The molecule has 3 N–H and O–H groups in total. The van der Waals surface area contributed by atoms with E-state index >= 15 is 0 Å². The van der Waals surface area contributed by atoms with Crippen molar-refractivity contribution in [3.05, 3.63) is 35.9 Å². The van der Waals surface area contributed by atoms with E-state index in [-0.39, 0.29) is 23.7 Å². The van der Waals surface area contributed by atoms with Gasteiger partial charge in [-0.1, -0.05) is 44.2 Å². The predicted octanol–water partition coefficient (Wildman–Crippen LogP) is 3.16. The largest absolute Gasteiger partial charge is 0.353 e. The van der Waals surface area contributed by atoms with Crippen molar-refractivity contribution in [2.24, 2.45) is 5.73 Å². The molecule has 1 aliphatic carbocycles. The Bertz CT molecular complexity index is 439. The monoisotopic (exact) mass is 310 g/mol. The van der Waals surface area contributed by atoms with Crippen LogP contribution in [-0.2, 0) is 10.2 Å². The summed E-state index contributed by atoms with van der Waals surface area (Å²) in [5.74, 6) is 0.152. The van der Waals surface area contributed by atoms with Crippen molar-refractivity contribution in [2.45, 2.75) is 63.5 Å². The van der Waals surface area contributed by atoms with E-state index in [4.69, 9.17) is 5.73 Å². The number of nitrogens with one attached hydrogen (secondary N) is 1. The molecule has 2 rings (SSSR count). The molecule has 0 aromatic heterocycles. The van der Waals surface area contributed by atoms with Gasteiger partial charge in [-0.15, -0.1) is 12.4 Å². The molecule has 1 aliphatic rings. The summed E-state index contributed by atoms with van der Waals surface area (Å²) in [6.07, 6.45) is 4.59. The Balaban J connectivity index is 0.00000220. The highest BCUT2D eigenvalue weighted by Gasteiger charge is 2.26. The van der Waals surface area contributed by atoms with E-state index in [0.29, 0.717) is 18.5 Å². The molecule has 3 nitrogen and oxygen atoms in total. The predicted molar refractivity (Wildman–Crippen MR) is 89.7 cm³/mol. The number of rotatable bonds is 4. The average molecular weight is 311 g/mol. The summed E-state index contributed by atoms with van der Waals surface area (Å²) in [5.41, 5.74) is 6.97. The van der Waals surface area contributed by atoms with E-state index in [2.05, 4.69) is 31.3 Å². The lowest BCUT2D eigenvalue weighted by Crippen LogP contribution is -2.42. The van der Waals surface area contributed by atoms with E-state index in [0.717, 1.165) is 25.7 Å². The number of hydrogen-bond donors (Lipinski definition) is 2. The Morgan fingerprint density at radius 1 is 1.19 bits per heavy atom. The zero-order valence-electron chi connectivity index (χ0n) is 13.0. The standard InChI is InChI=1S/C17H26N2O.ClH/c1-17(2,13-6-4-3-5-7-13)12-16(20)19-15-10-8-14(18)9-11-15;/h3-7,14-15H,8-12,18H2,1-2H3,(H,19,20);1H. The second-order valence-electron chi connectivity index (χ2n) is 6.61. The summed E-state index contributed by atoms with van der Waals surface area (Å²) in [7, 11) is 0. The van der Waals surface area contributed by atoms with Crippen LogP contribution in [0.5, 0.6) is 0 Å². The van der Waals surface area contributed by atoms with E-state index < -0.39 is 0 Å². The molecule has 0 heterocycles. The van der Waals surface area contributed by atoms with Crippen molar-refractivity contribution < 1.29 is 4.79 Å². The lowest BCUT2D eigenvalue weighted by molar-refractivity contribution is -0.123. The van der Waals surface area contributed by atoms with Crippen LogP contribution in [0.3, 0.4) is 0 Å².